The van der Waals surface area contributed by atoms with Crippen molar-refractivity contribution in [3.05, 3.63) is 35.4 Å². The van der Waals surface area contributed by atoms with Crippen LogP contribution in [0.25, 0.3) is 0 Å². The third-order valence-electron chi connectivity index (χ3n) is 3.40. The highest BCUT2D eigenvalue weighted by Crippen LogP contribution is 2.30. The molecule has 1 fully saturated rings. The van der Waals surface area contributed by atoms with Crippen LogP contribution in [0.3, 0.4) is 0 Å². The van der Waals surface area contributed by atoms with E-state index in [0.29, 0.717) is 5.56 Å². The van der Waals surface area contributed by atoms with Crippen molar-refractivity contribution in [1.82, 2.24) is 5.32 Å². The first-order valence-electron chi connectivity index (χ1n) is 6.40. The fourth-order valence-corrected chi connectivity index (χ4v) is 2.25. The fourth-order valence-electron chi connectivity index (χ4n) is 2.25. The van der Waals surface area contributed by atoms with E-state index in [-0.39, 0.29) is 12.2 Å². The van der Waals surface area contributed by atoms with Gasteiger partial charge in [0, 0.05) is 6.54 Å². The summed E-state index contributed by atoms with van der Waals surface area (Å²) in [5, 5.41) is 3.24. The van der Waals surface area contributed by atoms with E-state index < -0.39 is 11.7 Å². The lowest BCUT2D eigenvalue weighted by molar-refractivity contribution is -0.137. The molecule has 0 amide bonds. The summed E-state index contributed by atoms with van der Waals surface area (Å²) in [6.07, 6.45) is -2.34. The average Bonchev–Trinajstić information content (AvgIpc) is 2.37. The summed E-state index contributed by atoms with van der Waals surface area (Å²) in [6.45, 7) is 3.92. The van der Waals surface area contributed by atoms with E-state index in [1.54, 1.807) is 6.07 Å². The molecule has 0 saturated carbocycles. The molecule has 2 nitrogen and oxygen atoms in total. The molecular weight excluding hydrogens is 255 g/mol. The molecule has 1 aliphatic rings. The van der Waals surface area contributed by atoms with Crippen LogP contribution in [0.1, 0.15) is 30.9 Å². The molecule has 0 aliphatic carbocycles. The first-order chi connectivity index (χ1) is 8.89. The third-order valence-corrected chi connectivity index (χ3v) is 3.40. The Morgan fingerprint density at radius 3 is 2.79 bits per heavy atom. The van der Waals surface area contributed by atoms with Gasteiger partial charge in [-0.15, -0.1) is 0 Å². The average molecular weight is 273 g/mol. The summed E-state index contributed by atoms with van der Waals surface area (Å²) in [5.41, 5.74) is -0.353. The van der Waals surface area contributed by atoms with E-state index in [1.807, 2.05) is 6.92 Å². The Morgan fingerprint density at radius 1 is 1.37 bits per heavy atom. The molecular formula is C14H18F3NO. The Bertz CT molecular complexity index is 425. The van der Waals surface area contributed by atoms with E-state index in [2.05, 4.69) is 5.32 Å². The van der Waals surface area contributed by atoms with Crippen molar-refractivity contribution in [2.75, 3.05) is 13.1 Å². The number of rotatable bonds is 3. The summed E-state index contributed by atoms with van der Waals surface area (Å²) >= 11 is 0. The van der Waals surface area contributed by atoms with E-state index in [9.17, 15) is 13.2 Å². The lowest BCUT2D eigenvalue weighted by atomic mass is 9.96. The minimum atomic E-state index is -4.30. The van der Waals surface area contributed by atoms with Crippen molar-refractivity contribution in [1.29, 1.82) is 0 Å². The van der Waals surface area contributed by atoms with E-state index in [4.69, 9.17) is 4.74 Å². The standard InChI is InChI=1S/C14H18F3NO/c1-13(6-3-7-18-10-13)19-9-11-4-2-5-12(8-11)14(15,16)17/h2,4-5,8,18H,3,6-7,9-10H2,1H3. The van der Waals surface area contributed by atoms with Crippen LogP contribution in [-0.2, 0) is 17.5 Å². The SMILES string of the molecule is CC1(OCc2cccc(C(F)(F)F)c2)CCCNC1. The predicted molar refractivity (Wildman–Crippen MR) is 66.7 cm³/mol. The molecule has 0 bridgehead atoms. The molecule has 1 atom stereocenters. The molecule has 1 unspecified atom stereocenters. The fraction of sp³-hybridized carbons (Fsp3) is 0.571. The van der Waals surface area contributed by atoms with E-state index >= 15 is 0 Å². The number of nitrogens with one attached hydrogen (secondary N) is 1. The molecule has 2 rings (SSSR count). The second-order valence-electron chi connectivity index (χ2n) is 5.22. The van der Waals surface area contributed by atoms with Gasteiger partial charge < -0.3 is 10.1 Å². The van der Waals surface area contributed by atoms with Gasteiger partial charge >= 0.3 is 6.18 Å². The molecule has 0 aromatic heterocycles. The number of alkyl halides is 3. The second kappa shape index (κ2) is 5.51. The first kappa shape index (κ1) is 14.3. The lowest BCUT2D eigenvalue weighted by Gasteiger charge is -2.34. The Kier molecular flexibility index (Phi) is 4.16. The van der Waals surface area contributed by atoms with E-state index in [1.165, 1.54) is 6.07 Å². The molecule has 1 aliphatic heterocycles. The molecule has 1 N–H and O–H groups in total. The maximum absolute atomic E-state index is 12.6. The summed E-state index contributed by atoms with van der Waals surface area (Å²) in [6, 6.07) is 5.31. The smallest absolute Gasteiger partial charge is 0.369 e. The number of ether oxygens (including phenoxy) is 1. The van der Waals surface area contributed by atoms with Gasteiger partial charge in [-0.05, 0) is 44.0 Å². The number of halogens is 3. The van der Waals surface area contributed by atoms with Gasteiger partial charge in [0.25, 0.3) is 0 Å². The third kappa shape index (κ3) is 3.94. The number of piperidine rings is 1. The van der Waals surface area contributed by atoms with Crippen LogP contribution in [0.2, 0.25) is 0 Å². The summed E-state index contributed by atoms with van der Waals surface area (Å²) in [7, 11) is 0. The van der Waals surface area contributed by atoms with Gasteiger partial charge in [-0.25, -0.2) is 0 Å². The second-order valence-corrected chi connectivity index (χ2v) is 5.22. The molecule has 1 aromatic rings. The van der Waals surface area contributed by atoms with Crippen LogP contribution in [0.5, 0.6) is 0 Å². The van der Waals surface area contributed by atoms with Crippen LogP contribution in [0, 0.1) is 0 Å². The zero-order chi connectivity index (χ0) is 13.9. The minimum absolute atomic E-state index is 0.210. The molecule has 19 heavy (non-hydrogen) atoms. The lowest BCUT2D eigenvalue weighted by Crippen LogP contribution is -2.45. The monoisotopic (exact) mass is 273 g/mol. The molecule has 1 heterocycles. The Hall–Kier alpha value is -1.07. The van der Waals surface area contributed by atoms with Crippen LogP contribution in [0.4, 0.5) is 13.2 Å². The maximum atomic E-state index is 12.6. The van der Waals surface area contributed by atoms with E-state index in [0.717, 1.165) is 38.1 Å². The van der Waals surface area contributed by atoms with Crippen molar-refractivity contribution in [3.63, 3.8) is 0 Å². The van der Waals surface area contributed by atoms with Crippen molar-refractivity contribution in [2.45, 2.75) is 38.1 Å². The highest BCUT2D eigenvalue weighted by Gasteiger charge is 2.31. The predicted octanol–water partition coefficient (Wildman–Crippen LogP) is 3.36. The Balaban J connectivity index is 1.99. The molecule has 0 spiro atoms. The van der Waals surface area contributed by atoms with Crippen LogP contribution in [-0.4, -0.2) is 18.7 Å². The Labute approximate surface area is 111 Å². The van der Waals surface area contributed by atoms with Gasteiger partial charge in [-0.3, -0.25) is 0 Å². The number of hydrogen-bond acceptors (Lipinski definition) is 2. The molecule has 5 heteroatoms. The highest BCUT2D eigenvalue weighted by atomic mass is 19.4. The first-order valence-corrected chi connectivity index (χ1v) is 6.40. The van der Waals surface area contributed by atoms with Gasteiger partial charge in [-0.1, -0.05) is 12.1 Å². The molecule has 106 valence electrons. The van der Waals surface area contributed by atoms with Crippen LogP contribution >= 0.6 is 0 Å². The minimum Gasteiger partial charge on any atom is -0.369 e. The summed E-state index contributed by atoms with van der Waals surface area (Å²) in [5.74, 6) is 0. The number of hydrogen-bond donors (Lipinski definition) is 1. The van der Waals surface area contributed by atoms with Crippen LogP contribution in [0.15, 0.2) is 24.3 Å². The molecule has 1 aromatic carbocycles. The van der Waals surface area contributed by atoms with Gasteiger partial charge in [0.2, 0.25) is 0 Å². The van der Waals surface area contributed by atoms with Crippen molar-refractivity contribution >= 4 is 0 Å². The van der Waals surface area contributed by atoms with Crippen molar-refractivity contribution < 1.29 is 17.9 Å². The summed E-state index contributed by atoms with van der Waals surface area (Å²) in [4.78, 5) is 0. The normalized spacial score (nSPS) is 24.4. The topological polar surface area (TPSA) is 21.3 Å². The molecule has 1 saturated heterocycles. The summed E-state index contributed by atoms with van der Waals surface area (Å²) < 4.78 is 43.6. The van der Waals surface area contributed by atoms with Crippen molar-refractivity contribution in [2.24, 2.45) is 0 Å². The highest BCUT2D eigenvalue weighted by molar-refractivity contribution is 5.25. The Morgan fingerprint density at radius 2 is 2.16 bits per heavy atom. The van der Waals surface area contributed by atoms with Gasteiger partial charge in [0.15, 0.2) is 0 Å². The number of benzene rings is 1. The van der Waals surface area contributed by atoms with Crippen LogP contribution < -0.4 is 5.32 Å². The molecule has 0 radical (unpaired) electrons. The van der Waals surface area contributed by atoms with Crippen molar-refractivity contribution in [3.8, 4) is 0 Å². The largest absolute Gasteiger partial charge is 0.416 e. The van der Waals surface area contributed by atoms with Gasteiger partial charge in [-0.2, -0.15) is 13.2 Å². The maximum Gasteiger partial charge on any atom is 0.416 e. The quantitative estimate of drug-likeness (QED) is 0.911. The van der Waals surface area contributed by atoms with Gasteiger partial charge in [0.1, 0.15) is 0 Å². The zero-order valence-electron chi connectivity index (χ0n) is 10.9. The zero-order valence-corrected chi connectivity index (χ0v) is 10.9. The van der Waals surface area contributed by atoms with Gasteiger partial charge in [0.05, 0.1) is 17.8 Å².